The molecule has 6 heteroatoms. The minimum absolute atomic E-state index is 0.0249. The van der Waals surface area contributed by atoms with Crippen LogP contribution in [0.5, 0.6) is 0 Å². The van der Waals surface area contributed by atoms with E-state index in [0.717, 1.165) is 5.69 Å². The third-order valence-corrected chi connectivity index (χ3v) is 2.32. The normalized spacial score (nSPS) is 9.21. The zero-order valence-corrected chi connectivity index (χ0v) is 11.0. The van der Waals surface area contributed by atoms with Crippen molar-refractivity contribution in [2.45, 2.75) is 6.92 Å². The van der Waals surface area contributed by atoms with Gasteiger partial charge in [0.2, 0.25) is 6.41 Å². The van der Waals surface area contributed by atoms with Gasteiger partial charge in [-0.2, -0.15) is 0 Å². The lowest BCUT2D eigenvalue weighted by molar-refractivity contribution is -0.105. The highest BCUT2D eigenvalue weighted by molar-refractivity contribution is 6.30. The Morgan fingerprint density at radius 2 is 2.11 bits per heavy atom. The molecule has 0 saturated carbocycles. The molecule has 0 bridgehead atoms. The van der Waals surface area contributed by atoms with Crippen molar-refractivity contribution in [2.24, 2.45) is 0 Å². The number of pyridine rings is 1. The number of carbonyl (C=O) groups excluding carboxylic acids is 1. The molecule has 2 aromatic rings. The Labute approximate surface area is 115 Å². The van der Waals surface area contributed by atoms with Crippen molar-refractivity contribution in [3.8, 4) is 0 Å². The smallest absolute Gasteiger partial charge is 0.211 e. The van der Waals surface area contributed by atoms with E-state index < -0.39 is 5.82 Å². The number of benzene rings is 1. The summed E-state index contributed by atoms with van der Waals surface area (Å²) in [6.45, 7) is 1.93. The summed E-state index contributed by atoms with van der Waals surface area (Å²) < 4.78 is 12.5. The van der Waals surface area contributed by atoms with Gasteiger partial charge in [-0.1, -0.05) is 11.6 Å². The van der Waals surface area contributed by atoms with Crippen molar-refractivity contribution in [3.05, 3.63) is 53.1 Å². The second-order valence-corrected chi connectivity index (χ2v) is 4.05. The SMILES string of the molecule is Cc1ccc(Cl)cn1.Nc1cc(NC=O)ccc1F. The van der Waals surface area contributed by atoms with E-state index in [9.17, 15) is 9.18 Å². The molecule has 0 atom stereocenters. The predicted octanol–water partition coefficient (Wildman–Crippen LogP) is 3.02. The summed E-state index contributed by atoms with van der Waals surface area (Å²) in [5, 5.41) is 3.04. The van der Waals surface area contributed by atoms with Crippen LogP contribution in [0.3, 0.4) is 0 Å². The summed E-state index contributed by atoms with van der Waals surface area (Å²) in [6, 6.07) is 7.68. The largest absolute Gasteiger partial charge is 0.396 e. The monoisotopic (exact) mass is 281 g/mol. The molecule has 3 N–H and O–H groups in total. The average Bonchev–Trinajstić information content (AvgIpc) is 2.39. The van der Waals surface area contributed by atoms with Crippen molar-refractivity contribution >= 4 is 29.4 Å². The molecule has 0 fully saturated rings. The molecule has 0 aliphatic heterocycles. The number of nitrogens with one attached hydrogen (secondary N) is 1. The maximum atomic E-state index is 12.5. The summed E-state index contributed by atoms with van der Waals surface area (Å²) in [6.07, 6.45) is 2.14. The van der Waals surface area contributed by atoms with Gasteiger partial charge in [-0.05, 0) is 37.3 Å². The minimum atomic E-state index is -0.485. The Kier molecular flexibility index (Phi) is 5.75. The number of nitrogens with two attached hydrogens (primary N) is 1. The quantitative estimate of drug-likeness (QED) is 0.657. The third-order valence-electron chi connectivity index (χ3n) is 2.10. The third kappa shape index (κ3) is 5.35. The molecular formula is C13H13ClFN3O. The topological polar surface area (TPSA) is 68.0 Å². The van der Waals surface area contributed by atoms with Crippen LogP contribution in [-0.2, 0) is 4.79 Å². The molecule has 100 valence electrons. The Morgan fingerprint density at radius 1 is 1.37 bits per heavy atom. The van der Waals surface area contributed by atoms with Crippen LogP contribution < -0.4 is 11.1 Å². The number of halogens is 2. The number of carbonyl (C=O) groups is 1. The summed E-state index contributed by atoms with van der Waals surface area (Å²) >= 11 is 5.55. The van der Waals surface area contributed by atoms with Gasteiger partial charge in [-0.15, -0.1) is 0 Å². The summed E-state index contributed by atoms with van der Waals surface area (Å²) in [5.74, 6) is -0.485. The second-order valence-electron chi connectivity index (χ2n) is 3.62. The van der Waals surface area contributed by atoms with E-state index in [0.29, 0.717) is 17.1 Å². The molecule has 1 aromatic heterocycles. The molecule has 0 unspecified atom stereocenters. The van der Waals surface area contributed by atoms with Crippen LogP contribution in [-0.4, -0.2) is 11.4 Å². The van der Waals surface area contributed by atoms with Crippen LogP contribution >= 0.6 is 11.6 Å². The van der Waals surface area contributed by atoms with Gasteiger partial charge in [0.25, 0.3) is 0 Å². The van der Waals surface area contributed by atoms with Crippen LogP contribution in [0, 0.1) is 12.7 Å². The standard InChI is InChI=1S/C7H7FN2O.C6H6ClN/c8-6-2-1-5(10-4-11)3-7(6)9;1-5-2-3-6(7)4-8-5/h1-4H,9H2,(H,10,11);2-4H,1H3. The molecular weight excluding hydrogens is 269 g/mol. The fourth-order valence-corrected chi connectivity index (χ4v) is 1.26. The van der Waals surface area contributed by atoms with E-state index in [1.807, 2.05) is 19.1 Å². The van der Waals surface area contributed by atoms with Gasteiger partial charge in [0, 0.05) is 17.6 Å². The van der Waals surface area contributed by atoms with Crippen molar-refractivity contribution in [2.75, 3.05) is 11.1 Å². The first kappa shape index (κ1) is 14.9. The number of aryl methyl sites for hydroxylation is 1. The van der Waals surface area contributed by atoms with E-state index >= 15 is 0 Å². The van der Waals surface area contributed by atoms with Crippen LogP contribution in [0.15, 0.2) is 36.5 Å². The van der Waals surface area contributed by atoms with Gasteiger partial charge in [-0.25, -0.2) is 4.39 Å². The van der Waals surface area contributed by atoms with Crippen molar-refractivity contribution in [3.63, 3.8) is 0 Å². The highest BCUT2D eigenvalue weighted by Crippen LogP contribution is 2.15. The number of nitrogens with zero attached hydrogens (tertiary/aromatic N) is 1. The van der Waals surface area contributed by atoms with Gasteiger partial charge < -0.3 is 11.1 Å². The number of nitrogen functional groups attached to an aromatic ring is 1. The van der Waals surface area contributed by atoms with Crippen LogP contribution in [0.4, 0.5) is 15.8 Å². The van der Waals surface area contributed by atoms with E-state index in [4.69, 9.17) is 17.3 Å². The highest BCUT2D eigenvalue weighted by atomic mass is 35.5. The first-order chi connectivity index (χ1) is 9.02. The molecule has 1 aromatic carbocycles. The Morgan fingerprint density at radius 3 is 2.58 bits per heavy atom. The summed E-state index contributed by atoms with van der Waals surface area (Å²) in [4.78, 5) is 13.9. The highest BCUT2D eigenvalue weighted by Gasteiger charge is 1.97. The van der Waals surface area contributed by atoms with Crippen LogP contribution in [0.1, 0.15) is 5.69 Å². The lowest BCUT2D eigenvalue weighted by atomic mass is 10.3. The number of aromatic nitrogens is 1. The maximum Gasteiger partial charge on any atom is 0.211 e. The fourth-order valence-electron chi connectivity index (χ4n) is 1.15. The fraction of sp³-hybridized carbons (Fsp3) is 0.0769. The zero-order chi connectivity index (χ0) is 14.3. The van der Waals surface area contributed by atoms with E-state index in [1.165, 1.54) is 18.2 Å². The van der Waals surface area contributed by atoms with Crippen molar-refractivity contribution in [1.82, 2.24) is 4.98 Å². The first-order valence-corrected chi connectivity index (χ1v) is 5.74. The Hall–Kier alpha value is -2.14. The summed E-state index contributed by atoms with van der Waals surface area (Å²) in [5.41, 5.74) is 6.72. The number of rotatable bonds is 2. The molecule has 0 aliphatic rings. The van der Waals surface area contributed by atoms with Crippen LogP contribution in [0.25, 0.3) is 0 Å². The molecule has 4 nitrogen and oxygen atoms in total. The van der Waals surface area contributed by atoms with E-state index in [2.05, 4.69) is 10.3 Å². The molecule has 1 heterocycles. The second kappa shape index (κ2) is 7.33. The zero-order valence-electron chi connectivity index (χ0n) is 10.2. The average molecular weight is 282 g/mol. The molecule has 2 rings (SSSR count). The molecule has 0 spiro atoms. The molecule has 0 radical (unpaired) electrons. The van der Waals surface area contributed by atoms with E-state index in [1.54, 1.807) is 6.20 Å². The van der Waals surface area contributed by atoms with E-state index in [-0.39, 0.29) is 5.69 Å². The minimum Gasteiger partial charge on any atom is -0.396 e. The molecule has 1 amide bonds. The number of hydrogen-bond donors (Lipinski definition) is 2. The van der Waals surface area contributed by atoms with Gasteiger partial charge >= 0.3 is 0 Å². The van der Waals surface area contributed by atoms with Gasteiger partial charge in [0.15, 0.2) is 0 Å². The lowest BCUT2D eigenvalue weighted by Gasteiger charge is -1.99. The van der Waals surface area contributed by atoms with Crippen LogP contribution in [0.2, 0.25) is 5.02 Å². The van der Waals surface area contributed by atoms with Gasteiger partial charge in [0.05, 0.1) is 10.7 Å². The molecule has 0 aliphatic carbocycles. The number of hydrogen-bond acceptors (Lipinski definition) is 3. The van der Waals surface area contributed by atoms with Gasteiger partial charge in [-0.3, -0.25) is 9.78 Å². The van der Waals surface area contributed by atoms with Crippen molar-refractivity contribution < 1.29 is 9.18 Å². The Bertz CT molecular complexity index is 525. The predicted molar refractivity (Wildman–Crippen MR) is 74.5 cm³/mol. The molecule has 0 saturated heterocycles. The van der Waals surface area contributed by atoms with Gasteiger partial charge in [0.1, 0.15) is 5.82 Å². The number of amides is 1. The Balaban J connectivity index is 0.000000200. The summed E-state index contributed by atoms with van der Waals surface area (Å²) in [7, 11) is 0. The molecule has 19 heavy (non-hydrogen) atoms. The van der Waals surface area contributed by atoms with Crippen molar-refractivity contribution in [1.29, 1.82) is 0 Å². The number of anilines is 2. The lowest BCUT2D eigenvalue weighted by Crippen LogP contribution is -1.96. The maximum absolute atomic E-state index is 12.5. The first-order valence-electron chi connectivity index (χ1n) is 5.36.